The van der Waals surface area contributed by atoms with Gasteiger partial charge in [0.1, 0.15) is 11.6 Å². The summed E-state index contributed by atoms with van der Waals surface area (Å²) in [6.45, 7) is 5.29. The molecule has 1 aliphatic rings. The highest BCUT2D eigenvalue weighted by atomic mass is 35.5. The molecule has 1 amide bonds. The lowest BCUT2D eigenvalue weighted by molar-refractivity contribution is -0.140. The maximum absolute atomic E-state index is 14.2. The number of hydrogen-bond donors (Lipinski definition) is 0. The highest BCUT2D eigenvalue weighted by Crippen LogP contribution is 2.28. The molecular formula is C22H25ClFNO4S. The van der Waals surface area contributed by atoms with Crippen molar-refractivity contribution in [1.82, 2.24) is 4.90 Å². The molecule has 0 bridgehead atoms. The van der Waals surface area contributed by atoms with Gasteiger partial charge in [-0.15, -0.1) is 0 Å². The second-order valence-corrected chi connectivity index (χ2v) is 10.4. The van der Waals surface area contributed by atoms with Gasteiger partial charge >= 0.3 is 0 Å². The third kappa shape index (κ3) is 5.13. The largest absolute Gasteiger partial charge is 0.481 e. The van der Waals surface area contributed by atoms with Gasteiger partial charge in [0.2, 0.25) is 0 Å². The zero-order chi connectivity index (χ0) is 22.1. The molecule has 3 rings (SSSR count). The van der Waals surface area contributed by atoms with Crippen LogP contribution in [0.3, 0.4) is 0 Å². The van der Waals surface area contributed by atoms with E-state index in [9.17, 15) is 17.6 Å². The summed E-state index contributed by atoms with van der Waals surface area (Å²) in [6, 6.07) is 9.16. The molecule has 5 nitrogen and oxygen atoms in total. The third-order valence-corrected chi connectivity index (χ3v) is 7.65. The third-order valence-electron chi connectivity index (χ3n) is 5.30. The number of ether oxygens (including phenoxy) is 1. The first-order valence-corrected chi connectivity index (χ1v) is 11.9. The molecule has 30 heavy (non-hydrogen) atoms. The predicted molar refractivity (Wildman–Crippen MR) is 115 cm³/mol. The Morgan fingerprint density at radius 2 is 1.90 bits per heavy atom. The van der Waals surface area contributed by atoms with E-state index in [1.54, 1.807) is 37.3 Å². The van der Waals surface area contributed by atoms with Crippen molar-refractivity contribution >= 4 is 27.3 Å². The molecule has 1 heterocycles. The number of nitrogens with zero attached hydrogens (tertiary/aromatic N) is 1. The van der Waals surface area contributed by atoms with Gasteiger partial charge in [0.05, 0.1) is 11.5 Å². The molecule has 1 aliphatic heterocycles. The van der Waals surface area contributed by atoms with Gasteiger partial charge in [-0.1, -0.05) is 29.8 Å². The average molecular weight is 454 g/mol. The summed E-state index contributed by atoms with van der Waals surface area (Å²) in [4.78, 5) is 14.7. The minimum atomic E-state index is -3.22. The Kier molecular flexibility index (Phi) is 6.72. The number of benzene rings is 2. The second-order valence-electron chi connectivity index (χ2n) is 7.75. The van der Waals surface area contributed by atoms with Crippen molar-refractivity contribution in [3.05, 3.63) is 63.9 Å². The number of halogens is 2. The summed E-state index contributed by atoms with van der Waals surface area (Å²) in [7, 11) is -3.22. The molecule has 2 aromatic carbocycles. The topological polar surface area (TPSA) is 63.7 Å². The Balaban J connectivity index is 1.84. The van der Waals surface area contributed by atoms with Crippen LogP contribution in [-0.4, -0.2) is 42.9 Å². The second kappa shape index (κ2) is 8.94. The van der Waals surface area contributed by atoms with Crippen molar-refractivity contribution in [1.29, 1.82) is 0 Å². The van der Waals surface area contributed by atoms with Gasteiger partial charge < -0.3 is 9.64 Å². The Bertz CT molecular complexity index is 1030. The Morgan fingerprint density at radius 1 is 1.27 bits per heavy atom. The number of sulfone groups is 1. The van der Waals surface area contributed by atoms with E-state index in [1.807, 2.05) is 13.8 Å². The summed E-state index contributed by atoms with van der Waals surface area (Å²) in [5.41, 5.74) is 1.99. The van der Waals surface area contributed by atoms with Gasteiger partial charge in [-0.2, -0.15) is 0 Å². The normalized spacial score (nSPS) is 18.8. The minimum Gasteiger partial charge on any atom is -0.481 e. The number of hydrogen-bond acceptors (Lipinski definition) is 4. The molecule has 0 saturated carbocycles. The van der Waals surface area contributed by atoms with Crippen LogP contribution in [0.4, 0.5) is 4.39 Å². The first-order valence-electron chi connectivity index (χ1n) is 9.75. The fourth-order valence-electron chi connectivity index (χ4n) is 3.68. The number of carbonyl (C=O) groups is 1. The zero-order valence-electron chi connectivity index (χ0n) is 17.2. The molecule has 162 valence electrons. The molecule has 1 saturated heterocycles. The first kappa shape index (κ1) is 22.6. The predicted octanol–water partition coefficient (Wildman–Crippen LogP) is 4.08. The zero-order valence-corrected chi connectivity index (χ0v) is 18.8. The van der Waals surface area contributed by atoms with E-state index in [-0.39, 0.29) is 24.0 Å². The van der Waals surface area contributed by atoms with Crippen molar-refractivity contribution in [2.45, 2.75) is 45.9 Å². The quantitative estimate of drug-likeness (QED) is 0.661. The van der Waals surface area contributed by atoms with Gasteiger partial charge in [0.25, 0.3) is 5.91 Å². The van der Waals surface area contributed by atoms with Gasteiger partial charge in [-0.25, -0.2) is 12.8 Å². The number of rotatable bonds is 6. The van der Waals surface area contributed by atoms with Gasteiger partial charge in [0.15, 0.2) is 15.9 Å². The minimum absolute atomic E-state index is 0.0158. The summed E-state index contributed by atoms with van der Waals surface area (Å²) >= 11 is 6.19. The molecule has 0 spiro atoms. The summed E-state index contributed by atoms with van der Waals surface area (Å²) in [6.07, 6.45) is -0.547. The van der Waals surface area contributed by atoms with Crippen LogP contribution in [0.15, 0.2) is 36.4 Å². The molecular weight excluding hydrogens is 429 g/mol. The van der Waals surface area contributed by atoms with Crippen LogP contribution in [0.1, 0.15) is 30.0 Å². The van der Waals surface area contributed by atoms with Crippen LogP contribution in [0.5, 0.6) is 5.75 Å². The Morgan fingerprint density at radius 3 is 2.47 bits per heavy atom. The van der Waals surface area contributed by atoms with Gasteiger partial charge in [-0.05, 0) is 56.5 Å². The molecule has 0 aromatic heterocycles. The van der Waals surface area contributed by atoms with E-state index < -0.39 is 27.8 Å². The Labute approximate surface area is 181 Å². The maximum Gasteiger partial charge on any atom is 0.263 e. The molecule has 0 N–H and O–H groups in total. The van der Waals surface area contributed by atoms with Crippen LogP contribution < -0.4 is 4.74 Å². The monoisotopic (exact) mass is 453 g/mol. The SMILES string of the molecule is Cc1cc(O[C@@H](C)C(=O)N(Cc2ccccc2F)[C@H]2CCS(=O)(=O)C2)cc(C)c1Cl. The average Bonchev–Trinajstić information content (AvgIpc) is 3.04. The van der Waals surface area contributed by atoms with Crippen LogP contribution in [0.25, 0.3) is 0 Å². The summed E-state index contributed by atoms with van der Waals surface area (Å²) < 4.78 is 44.1. The van der Waals surface area contributed by atoms with Crippen molar-refractivity contribution in [2.24, 2.45) is 0 Å². The first-order chi connectivity index (χ1) is 14.1. The summed E-state index contributed by atoms with van der Waals surface area (Å²) in [5, 5.41) is 0.638. The van der Waals surface area contributed by atoms with Crippen LogP contribution >= 0.6 is 11.6 Å². The van der Waals surface area contributed by atoms with Crippen molar-refractivity contribution in [3.63, 3.8) is 0 Å². The van der Waals surface area contributed by atoms with E-state index in [4.69, 9.17) is 16.3 Å². The molecule has 0 aliphatic carbocycles. The van der Waals surface area contributed by atoms with Crippen LogP contribution in [0, 0.1) is 19.7 Å². The summed E-state index contributed by atoms with van der Waals surface area (Å²) in [5.74, 6) is -0.429. The lowest BCUT2D eigenvalue weighted by Gasteiger charge is -2.31. The fourth-order valence-corrected chi connectivity index (χ4v) is 5.52. The van der Waals surface area contributed by atoms with E-state index in [2.05, 4.69) is 0 Å². The molecule has 1 fully saturated rings. The lowest BCUT2D eigenvalue weighted by Crippen LogP contribution is -2.46. The van der Waals surface area contributed by atoms with Crippen molar-refractivity contribution in [2.75, 3.05) is 11.5 Å². The molecule has 8 heteroatoms. The van der Waals surface area contributed by atoms with Gasteiger partial charge in [0, 0.05) is 23.2 Å². The van der Waals surface area contributed by atoms with Crippen LogP contribution in [0.2, 0.25) is 5.02 Å². The molecule has 0 unspecified atom stereocenters. The number of amides is 1. The van der Waals surface area contributed by atoms with Crippen molar-refractivity contribution < 1.29 is 22.3 Å². The highest BCUT2D eigenvalue weighted by molar-refractivity contribution is 7.91. The van der Waals surface area contributed by atoms with Crippen LogP contribution in [-0.2, 0) is 21.2 Å². The van der Waals surface area contributed by atoms with E-state index in [0.717, 1.165) is 11.1 Å². The van der Waals surface area contributed by atoms with Crippen molar-refractivity contribution in [3.8, 4) is 5.75 Å². The lowest BCUT2D eigenvalue weighted by atomic mass is 10.1. The molecule has 2 aromatic rings. The smallest absolute Gasteiger partial charge is 0.263 e. The molecule has 0 radical (unpaired) electrons. The molecule has 2 atom stereocenters. The maximum atomic E-state index is 14.2. The van der Waals surface area contributed by atoms with Gasteiger partial charge in [-0.3, -0.25) is 4.79 Å². The number of carbonyl (C=O) groups excluding carboxylic acids is 1. The Hall–Kier alpha value is -2.12. The fraction of sp³-hybridized carbons (Fsp3) is 0.409. The highest BCUT2D eigenvalue weighted by Gasteiger charge is 2.37. The standard InChI is InChI=1S/C22H25ClFNO4S/c1-14-10-19(11-15(2)21(14)23)29-16(3)22(26)25(18-8-9-30(27,28)13-18)12-17-6-4-5-7-20(17)24/h4-7,10-11,16,18H,8-9,12-13H2,1-3H3/t16-,18-/m0/s1. The van der Waals surface area contributed by atoms with E-state index in [0.29, 0.717) is 22.8 Å². The van der Waals surface area contributed by atoms with E-state index in [1.165, 1.54) is 11.0 Å². The van der Waals surface area contributed by atoms with E-state index >= 15 is 0 Å². The number of aryl methyl sites for hydroxylation is 2.